The quantitative estimate of drug-likeness (QED) is 0.482. The first kappa shape index (κ1) is 22.8. The molecular formula is C23H23BrN2O4S. The van der Waals surface area contributed by atoms with Crippen LogP contribution in [0.15, 0.2) is 77.3 Å². The molecule has 6 nitrogen and oxygen atoms in total. The monoisotopic (exact) mass is 502 g/mol. The van der Waals surface area contributed by atoms with Gasteiger partial charge in [-0.25, -0.2) is 8.42 Å². The fourth-order valence-electron chi connectivity index (χ4n) is 2.87. The highest BCUT2D eigenvalue weighted by Crippen LogP contribution is 2.24. The Hall–Kier alpha value is -2.84. The zero-order chi connectivity index (χ0) is 22.4. The van der Waals surface area contributed by atoms with Gasteiger partial charge < -0.3 is 10.1 Å². The Bertz CT molecular complexity index is 1150. The van der Waals surface area contributed by atoms with Crippen molar-refractivity contribution in [2.75, 3.05) is 22.5 Å². The highest BCUT2D eigenvalue weighted by atomic mass is 79.9. The number of nitrogens with one attached hydrogen (secondary N) is 1. The van der Waals surface area contributed by atoms with Crippen LogP contribution in [0.2, 0.25) is 0 Å². The maximum atomic E-state index is 12.3. The number of nitrogens with zero attached hydrogens (tertiary/aromatic N) is 1. The number of ether oxygens (including phenoxy) is 1. The van der Waals surface area contributed by atoms with Gasteiger partial charge in [0.05, 0.1) is 24.2 Å². The van der Waals surface area contributed by atoms with Crippen molar-refractivity contribution in [3.05, 3.63) is 88.4 Å². The number of sulfonamides is 1. The number of para-hydroxylation sites is 1. The van der Waals surface area contributed by atoms with Gasteiger partial charge in [0.2, 0.25) is 10.0 Å². The molecule has 31 heavy (non-hydrogen) atoms. The normalized spacial score (nSPS) is 11.1. The third kappa shape index (κ3) is 6.57. The minimum Gasteiger partial charge on any atom is -0.484 e. The number of benzene rings is 3. The van der Waals surface area contributed by atoms with Gasteiger partial charge in [0.25, 0.3) is 5.91 Å². The molecule has 1 amide bonds. The van der Waals surface area contributed by atoms with Gasteiger partial charge in [0, 0.05) is 4.47 Å². The number of anilines is 2. The fourth-order valence-corrected chi connectivity index (χ4v) is 4.14. The Kier molecular flexibility index (Phi) is 7.35. The van der Waals surface area contributed by atoms with E-state index in [1.54, 1.807) is 30.3 Å². The van der Waals surface area contributed by atoms with Gasteiger partial charge in [-0.1, -0.05) is 42.0 Å². The molecule has 3 aromatic rings. The van der Waals surface area contributed by atoms with Crippen LogP contribution in [0.5, 0.6) is 5.75 Å². The average molecular weight is 503 g/mol. The van der Waals surface area contributed by atoms with E-state index in [2.05, 4.69) is 21.2 Å². The van der Waals surface area contributed by atoms with E-state index in [1.165, 1.54) is 10.6 Å². The maximum Gasteiger partial charge on any atom is 0.262 e. The predicted molar refractivity (Wildman–Crippen MR) is 127 cm³/mol. The summed E-state index contributed by atoms with van der Waals surface area (Å²) < 4.78 is 32.3. The van der Waals surface area contributed by atoms with Crippen LogP contribution in [-0.2, 0) is 21.4 Å². The number of halogens is 1. The van der Waals surface area contributed by atoms with Crippen molar-refractivity contribution in [3.8, 4) is 5.75 Å². The van der Waals surface area contributed by atoms with Crippen molar-refractivity contribution < 1.29 is 17.9 Å². The van der Waals surface area contributed by atoms with E-state index >= 15 is 0 Å². The highest BCUT2D eigenvalue weighted by Gasteiger charge is 2.18. The van der Waals surface area contributed by atoms with Crippen LogP contribution in [0, 0.1) is 6.92 Å². The lowest BCUT2D eigenvalue weighted by molar-refractivity contribution is -0.118. The molecule has 0 spiro atoms. The Balaban J connectivity index is 1.65. The predicted octanol–water partition coefficient (Wildman–Crippen LogP) is 4.74. The molecule has 0 heterocycles. The molecule has 0 aliphatic heterocycles. The fraction of sp³-hybridized carbons (Fsp3) is 0.174. The summed E-state index contributed by atoms with van der Waals surface area (Å²) >= 11 is 3.38. The smallest absolute Gasteiger partial charge is 0.262 e. The van der Waals surface area contributed by atoms with Crippen LogP contribution < -0.4 is 14.4 Å². The van der Waals surface area contributed by atoms with E-state index in [1.807, 2.05) is 49.4 Å². The molecule has 0 aliphatic carbocycles. The summed E-state index contributed by atoms with van der Waals surface area (Å²) in [6.07, 6.45) is 1.18. The van der Waals surface area contributed by atoms with Gasteiger partial charge in [-0.15, -0.1) is 0 Å². The van der Waals surface area contributed by atoms with Gasteiger partial charge >= 0.3 is 0 Å². The molecule has 3 rings (SSSR count). The van der Waals surface area contributed by atoms with E-state index in [4.69, 9.17) is 4.74 Å². The standard InChI is InChI=1S/C23H23BrN2O4S/c1-17-7-9-18(10-8-17)15-26(31(2,28)29)19-11-13-20(14-12-19)30-16-23(27)25-22-6-4-3-5-21(22)24/h3-14H,15-16H2,1-2H3,(H,25,27). The van der Waals surface area contributed by atoms with Gasteiger partial charge in [0.1, 0.15) is 5.75 Å². The molecule has 0 fully saturated rings. The number of rotatable bonds is 8. The van der Waals surface area contributed by atoms with Gasteiger partial charge in [-0.3, -0.25) is 9.10 Å². The van der Waals surface area contributed by atoms with Crippen molar-refractivity contribution in [2.45, 2.75) is 13.5 Å². The Labute approximate surface area is 191 Å². The second-order valence-electron chi connectivity index (χ2n) is 7.07. The van der Waals surface area contributed by atoms with Crippen LogP contribution in [0.4, 0.5) is 11.4 Å². The van der Waals surface area contributed by atoms with E-state index in [0.29, 0.717) is 17.1 Å². The Morgan fingerprint density at radius 1 is 1.00 bits per heavy atom. The van der Waals surface area contributed by atoms with Crippen molar-refractivity contribution >= 4 is 43.2 Å². The summed E-state index contributed by atoms with van der Waals surface area (Å²) in [4.78, 5) is 12.1. The molecule has 0 atom stereocenters. The summed E-state index contributed by atoms with van der Waals surface area (Å²) in [5.74, 6) is 0.169. The molecule has 0 bridgehead atoms. The first-order chi connectivity index (χ1) is 14.7. The highest BCUT2D eigenvalue weighted by molar-refractivity contribution is 9.10. The van der Waals surface area contributed by atoms with E-state index < -0.39 is 10.0 Å². The lowest BCUT2D eigenvalue weighted by atomic mass is 10.1. The number of hydrogen-bond donors (Lipinski definition) is 1. The zero-order valence-electron chi connectivity index (χ0n) is 17.2. The summed E-state index contributed by atoms with van der Waals surface area (Å²) in [6.45, 7) is 2.04. The molecular weight excluding hydrogens is 480 g/mol. The van der Waals surface area contributed by atoms with Crippen LogP contribution in [0.25, 0.3) is 0 Å². The van der Waals surface area contributed by atoms with Gasteiger partial charge in [0.15, 0.2) is 6.61 Å². The van der Waals surface area contributed by atoms with Crippen LogP contribution in [-0.4, -0.2) is 27.2 Å². The first-order valence-corrected chi connectivity index (χ1v) is 12.2. The largest absolute Gasteiger partial charge is 0.484 e. The van der Waals surface area contributed by atoms with Crippen molar-refractivity contribution in [1.29, 1.82) is 0 Å². The second-order valence-corrected chi connectivity index (χ2v) is 9.83. The molecule has 0 aliphatic rings. The SMILES string of the molecule is Cc1ccc(CN(c2ccc(OCC(=O)Nc3ccccc3Br)cc2)S(C)(=O)=O)cc1. The number of hydrogen-bond acceptors (Lipinski definition) is 4. The average Bonchev–Trinajstić information content (AvgIpc) is 2.73. The number of aryl methyl sites for hydroxylation is 1. The first-order valence-electron chi connectivity index (χ1n) is 9.53. The summed E-state index contributed by atoms with van der Waals surface area (Å²) in [5, 5.41) is 2.76. The zero-order valence-corrected chi connectivity index (χ0v) is 19.6. The van der Waals surface area contributed by atoms with Crippen LogP contribution in [0.3, 0.4) is 0 Å². The number of carbonyl (C=O) groups is 1. The molecule has 8 heteroatoms. The molecule has 0 aromatic heterocycles. The minimum atomic E-state index is -3.48. The molecule has 0 saturated heterocycles. The summed E-state index contributed by atoms with van der Waals surface area (Å²) in [7, 11) is -3.48. The second kappa shape index (κ2) is 9.98. The van der Waals surface area contributed by atoms with Crippen molar-refractivity contribution in [2.24, 2.45) is 0 Å². The maximum absolute atomic E-state index is 12.3. The van der Waals surface area contributed by atoms with Crippen LogP contribution in [0.1, 0.15) is 11.1 Å². The van der Waals surface area contributed by atoms with Gasteiger partial charge in [-0.05, 0) is 64.8 Å². The minimum absolute atomic E-state index is 0.167. The summed E-state index contributed by atoms with van der Waals surface area (Å²) in [6, 6.07) is 21.6. The van der Waals surface area contributed by atoms with Crippen LogP contribution >= 0.6 is 15.9 Å². The topological polar surface area (TPSA) is 75.7 Å². The Morgan fingerprint density at radius 2 is 1.65 bits per heavy atom. The Morgan fingerprint density at radius 3 is 2.26 bits per heavy atom. The molecule has 0 saturated carbocycles. The molecule has 0 radical (unpaired) electrons. The molecule has 162 valence electrons. The van der Waals surface area contributed by atoms with E-state index in [-0.39, 0.29) is 19.1 Å². The summed E-state index contributed by atoms with van der Waals surface area (Å²) in [5.41, 5.74) is 3.18. The van der Waals surface area contributed by atoms with E-state index in [9.17, 15) is 13.2 Å². The van der Waals surface area contributed by atoms with Crippen molar-refractivity contribution in [3.63, 3.8) is 0 Å². The van der Waals surface area contributed by atoms with Crippen molar-refractivity contribution in [1.82, 2.24) is 0 Å². The lowest BCUT2D eigenvalue weighted by Crippen LogP contribution is -2.29. The van der Waals surface area contributed by atoms with E-state index in [0.717, 1.165) is 15.6 Å². The van der Waals surface area contributed by atoms with Gasteiger partial charge in [-0.2, -0.15) is 0 Å². The number of carbonyl (C=O) groups excluding carboxylic acids is 1. The molecule has 1 N–H and O–H groups in total. The number of amides is 1. The third-order valence-corrected chi connectivity index (χ3v) is 6.32. The molecule has 3 aromatic carbocycles. The molecule has 0 unspecified atom stereocenters. The third-order valence-electron chi connectivity index (χ3n) is 4.49. The lowest BCUT2D eigenvalue weighted by Gasteiger charge is -2.23.